The minimum Gasteiger partial charge on any atom is -0.481 e. The molecule has 0 aromatic heterocycles. The van der Waals surface area contributed by atoms with E-state index in [4.69, 9.17) is 9.84 Å². The van der Waals surface area contributed by atoms with E-state index < -0.39 is 5.97 Å². The summed E-state index contributed by atoms with van der Waals surface area (Å²) in [5.74, 6) is -1.10. The number of unbranched alkanes of at least 4 members (excludes halogenated alkanes) is 3. The van der Waals surface area contributed by atoms with Crippen molar-refractivity contribution in [2.24, 2.45) is 0 Å². The first-order valence-corrected chi connectivity index (χ1v) is 6.95. The standard InChI is InChI=1S/C13H24N2O5/c1-2-20-12(18)8-10-15-13(19)14-9-6-4-3-5-7-11(16)17/h2-10H2,1H3,(H,16,17)(H2,14,15,19). The van der Waals surface area contributed by atoms with Gasteiger partial charge in [-0.15, -0.1) is 0 Å². The minimum absolute atomic E-state index is 0.163. The Kier molecular flexibility index (Phi) is 11.2. The molecule has 0 aromatic rings. The van der Waals surface area contributed by atoms with Crippen LogP contribution in [0.25, 0.3) is 0 Å². The highest BCUT2D eigenvalue weighted by atomic mass is 16.5. The summed E-state index contributed by atoms with van der Waals surface area (Å²) in [7, 11) is 0. The Morgan fingerprint density at radius 2 is 1.60 bits per heavy atom. The van der Waals surface area contributed by atoms with Crippen molar-refractivity contribution in [2.75, 3.05) is 19.7 Å². The first kappa shape index (κ1) is 18.2. The van der Waals surface area contributed by atoms with Gasteiger partial charge >= 0.3 is 18.0 Å². The van der Waals surface area contributed by atoms with Gasteiger partial charge in [0.1, 0.15) is 0 Å². The molecule has 7 heteroatoms. The average Bonchev–Trinajstić information content (AvgIpc) is 2.37. The first-order chi connectivity index (χ1) is 9.56. The van der Waals surface area contributed by atoms with Crippen molar-refractivity contribution in [2.45, 2.75) is 45.4 Å². The Labute approximate surface area is 119 Å². The van der Waals surface area contributed by atoms with Crippen molar-refractivity contribution >= 4 is 18.0 Å². The molecule has 0 saturated heterocycles. The quantitative estimate of drug-likeness (QED) is 0.392. The number of hydrogen-bond donors (Lipinski definition) is 3. The molecule has 0 aliphatic rings. The van der Waals surface area contributed by atoms with Gasteiger partial charge in [-0.2, -0.15) is 0 Å². The van der Waals surface area contributed by atoms with Crippen LogP contribution in [-0.4, -0.2) is 42.8 Å². The summed E-state index contributed by atoms with van der Waals surface area (Å²) in [6, 6.07) is -0.306. The Morgan fingerprint density at radius 1 is 0.950 bits per heavy atom. The van der Waals surface area contributed by atoms with E-state index in [1.165, 1.54) is 0 Å². The van der Waals surface area contributed by atoms with E-state index in [-0.39, 0.29) is 31.4 Å². The topological polar surface area (TPSA) is 105 Å². The van der Waals surface area contributed by atoms with Crippen molar-refractivity contribution in [3.63, 3.8) is 0 Å². The van der Waals surface area contributed by atoms with Crippen LogP contribution in [0.3, 0.4) is 0 Å². The molecule has 0 spiro atoms. The van der Waals surface area contributed by atoms with E-state index in [9.17, 15) is 14.4 Å². The number of aliphatic carboxylic acids is 1. The molecule has 3 N–H and O–H groups in total. The van der Waals surface area contributed by atoms with Crippen molar-refractivity contribution in [1.82, 2.24) is 10.6 Å². The lowest BCUT2D eigenvalue weighted by molar-refractivity contribution is -0.143. The van der Waals surface area contributed by atoms with Gasteiger partial charge in [0, 0.05) is 19.5 Å². The number of ether oxygens (including phenoxy) is 1. The van der Waals surface area contributed by atoms with E-state index in [1.54, 1.807) is 6.92 Å². The van der Waals surface area contributed by atoms with E-state index >= 15 is 0 Å². The van der Waals surface area contributed by atoms with Crippen LogP contribution in [-0.2, 0) is 14.3 Å². The zero-order valence-electron chi connectivity index (χ0n) is 11.9. The van der Waals surface area contributed by atoms with Crippen LogP contribution in [0.5, 0.6) is 0 Å². The molecule has 0 heterocycles. The lowest BCUT2D eigenvalue weighted by Gasteiger charge is -2.07. The van der Waals surface area contributed by atoms with Crippen LogP contribution in [0.15, 0.2) is 0 Å². The predicted molar refractivity (Wildman–Crippen MR) is 73.4 cm³/mol. The largest absolute Gasteiger partial charge is 0.481 e. The summed E-state index contributed by atoms with van der Waals surface area (Å²) in [6.07, 6.45) is 3.57. The molecule has 0 aliphatic carbocycles. The van der Waals surface area contributed by atoms with Gasteiger partial charge in [-0.25, -0.2) is 4.79 Å². The van der Waals surface area contributed by atoms with Gasteiger partial charge < -0.3 is 20.5 Å². The third-order valence-electron chi connectivity index (χ3n) is 2.52. The maximum atomic E-state index is 11.3. The molecule has 0 saturated carbocycles. The van der Waals surface area contributed by atoms with E-state index in [1.807, 2.05) is 0 Å². The molecule has 0 rings (SSSR count). The highest BCUT2D eigenvalue weighted by Crippen LogP contribution is 2.01. The molecule has 20 heavy (non-hydrogen) atoms. The van der Waals surface area contributed by atoms with Crippen molar-refractivity contribution in [3.8, 4) is 0 Å². The maximum absolute atomic E-state index is 11.3. The van der Waals surface area contributed by atoms with E-state index in [0.717, 1.165) is 19.3 Å². The highest BCUT2D eigenvalue weighted by molar-refractivity contribution is 5.75. The number of nitrogens with one attached hydrogen (secondary N) is 2. The fourth-order valence-corrected chi connectivity index (χ4v) is 1.53. The van der Waals surface area contributed by atoms with Crippen LogP contribution in [0, 0.1) is 0 Å². The van der Waals surface area contributed by atoms with Gasteiger partial charge in [-0.05, 0) is 19.8 Å². The highest BCUT2D eigenvalue weighted by Gasteiger charge is 2.03. The smallest absolute Gasteiger partial charge is 0.314 e. The van der Waals surface area contributed by atoms with Crippen LogP contribution in [0.2, 0.25) is 0 Å². The minimum atomic E-state index is -0.774. The summed E-state index contributed by atoms with van der Waals surface area (Å²) in [5.41, 5.74) is 0. The third kappa shape index (κ3) is 12.7. The summed E-state index contributed by atoms with van der Waals surface area (Å²) in [5, 5.41) is 13.7. The molecular weight excluding hydrogens is 264 g/mol. The fraction of sp³-hybridized carbons (Fsp3) is 0.769. The molecular formula is C13H24N2O5. The van der Waals surface area contributed by atoms with Crippen LogP contribution in [0.1, 0.15) is 45.4 Å². The van der Waals surface area contributed by atoms with Crippen LogP contribution >= 0.6 is 0 Å². The normalized spacial score (nSPS) is 9.85. The zero-order valence-corrected chi connectivity index (χ0v) is 11.9. The predicted octanol–water partition coefficient (Wildman–Crippen LogP) is 1.27. The maximum Gasteiger partial charge on any atom is 0.314 e. The average molecular weight is 288 g/mol. The number of carboxylic acid groups (broad SMARTS) is 1. The number of carboxylic acids is 1. The zero-order chi connectivity index (χ0) is 15.2. The lowest BCUT2D eigenvalue weighted by atomic mass is 10.1. The molecule has 116 valence electrons. The molecule has 0 atom stereocenters. The lowest BCUT2D eigenvalue weighted by Crippen LogP contribution is -2.37. The summed E-state index contributed by atoms with van der Waals surface area (Å²) >= 11 is 0. The summed E-state index contributed by atoms with van der Waals surface area (Å²) in [4.78, 5) is 32.6. The summed E-state index contributed by atoms with van der Waals surface area (Å²) in [6.45, 7) is 2.86. The van der Waals surface area contributed by atoms with E-state index in [2.05, 4.69) is 10.6 Å². The molecule has 7 nitrogen and oxygen atoms in total. The number of hydrogen-bond acceptors (Lipinski definition) is 4. The Balaban J connectivity index is 3.32. The Hall–Kier alpha value is -1.79. The van der Waals surface area contributed by atoms with Gasteiger partial charge in [0.25, 0.3) is 0 Å². The van der Waals surface area contributed by atoms with Crippen molar-refractivity contribution in [1.29, 1.82) is 0 Å². The number of carbonyl (C=O) groups excluding carboxylic acids is 2. The number of carbonyl (C=O) groups is 3. The van der Waals surface area contributed by atoms with Gasteiger partial charge in [0.2, 0.25) is 0 Å². The number of rotatable bonds is 11. The molecule has 0 bridgehead atoms. The van der Waals surface area contributed by atoms with E-state index in [0.29, 0.717) is 19.6 Å². The van der Waals surface area contributed by atoms with Crippen molar-refractivity contribution < 1.29 is 24.2 Å². The SMILES string of the molecule is CCOC(=O)CCNC(=O)NCCCCCCC(=O)O. The second kappa shape index (κ2) is 12.3. The Bertz CT molecular complexity index is 307. The molecule has 0 aliphatic heterocycles. The second-order valence-corrected chi connectivity index (χ2v) is 4.30. The first-order valence-electron chi connectivity index (χ1n) is 6.95. The van der Waals surface area contributed by atoms with Gasteiger partial charge in [-0.1, -0.05) is 12.8 Å². The molecule has 2 amide bonds. The van der Waals surface area contributed by atoms with Crippen LogP contribution < -0.4 is 10.6 Å². The monoisotopic (exact) mass is 288 g/mol. The molecule has 0 fully saturated rings. The number of esters is 1. The number of amides is 2. The molecule has 0 aromatic carbocycles. The van der Waals surface area contributed by atoms with Crippen molar-refractivity contribution in [3.05, 3.63) is 0 Å². The summed E-state index contributed by atoms with van der Waals surface area (Å²) < 4.78 is 4.72. The number of urea groups is 1. The van der Waals surface area contributed by atoms with Gasteiger partial charge in [0.15, 0.2) is 0 Å². The van der Waals surface area contributed by atoms with Gasteiger partial charge in [-0.3, -0.25) is 9.59 Å². The second-order valence-electron chi connectivity index (χ2n) is 4.30. The Morgan fingerprint density at radius 3 is 2.25 bits per heavy atom. The fourth-order valence-electron chi connectivity index (χ4n) is 1.53. The molecule has 0 radical (unpaired) electrons. The molecule has 0 unspecified atom stereocenters. The third-order valence-corrected chi connectivity index (χ3v) is 2.52. The van der Waals surface area contributed by atoms with Crippen LogP contribution in [0.4, 0.5) is 4.79 Å². The van der Waals surface area contributed by atoms with Gasteiger partial charge in [0.05, 0.1) is 13.0 Å².